The number of anilines is 1. The molecule has 0 saturated carbocycles. The van der Waals surface area contributed by atoms with Gasteiger partial charge in [0.05, 0.1) is 11.4 Å². The van der Waals surface area contributed by atoms with Crippen LogP contribution < -0.4 is 11.1 Å². The van der Waals surface area contributed by atoms with Gasteiger partial charge in [-0.15, -0.1) is 0 Å². The number of halogens is 2. The van der Waals surface area contributed by atoms with Gasteiger partial charge >= 0.3 is 0 Å². The molecule has 4 nitrogen and oxygen atoms in total. The van der Waals surface area contributed by atoms with E-state index in [2.05, 4.69) is 15.3 Å². The summed E-state index contributed by atoms with van der Waals surface area (Å²) in [7, 11) is 0. The summed E-state index contributed by atoms with van der Waals surface area (Å²) in [6.45, 7) is 0. The van der Waals surface area contributed by atoms with Gasteiger partial charge in [0.15, 0.2) is 11.8 Å². The van der Waals surface area contributed by atoms with Crippen LogP contribution in [0.15, 0.2) is 71.7 Å². The van der Waals surface area contributed by atoms with E-state index in [1.807, 2.05) is 0 Å². The molecule has 0 spiro atoms. The maximum absolute atomic E-state index is 13.6. The number of nitrogens with two attached hydrogens (primary N) is 1. The fourth-order valence-electron chi connectivity index (χ4n) is 2.15. The maximum atomic E-state index is 13.6. The Morgan fingerprint density at radius 1 is 0.958 bits per heavy atom. The summed E-state index contributed by atoms with van der Waals surface area (Å²) in [5.74, 6) is -0.442. The molecule has 1 heterocycles. The zero-order valence-corrected chi connectivity index (χ0v) is 12.6. The van der Waals surface area contributed by atoms with Crippen molar-refractivity contribution in [1.82, 2.24) is 4.98 Å². The topological polar surface area (TPSA) is 63.3 Å². The SMILES string of the molecule is N/C(=N\c1cccc(-c2cccc(F)c2)n1)Nc1ccccc1F. The van der Waals surface area contributed by atoms with Gasteiger partial charge in [-0.1, -0.05) is 30.3 Å². The monoisotopic (exact) mass is 324 g/mol. The molecule has 0 amide bonds. The number of pyridine rings is 1. The van der Waals surface area contributed by atoms with Crippen LogP contribution in [0.5, 0.6) is 0 Å². The Morgan fingerprint density at radius 2 is 1.75 bits per heavy atom. The van der Waals surface area contributed by atoms with Gasteiger partial charge in [0.1, 0.15) is 11.6 Å². The number of aromatic nitrogens is 1. The highest BCUT2D eigenvalue weighted by molar-refractivity contribution is 5.93. The van der Waals surface area contributed by atoms with Gasteiger partial charge in [0.25, 0.3) is 0 Å². The smallest absolute Gasteiger partial charge is 0.199 e. The summed E-state index contributed by atoms with van der Waals surface area (Å²) in [5, 5.41) is 2.68. The van der Waals surface area contributed by atoms with Gasteiger partial charge in [0.2, 0.25) is 0 Å². The number of hydrogen-bond acceptors (Lipinski definition) is 2. The summed E-state index contributed by atoms with van der Waals surface area (Å²) >= 11 is 0. The van der Waals surface area contributed by atoms with Crippen molar-refractivity contribution in [2.45, 2.75) is 0 Å². The number of benzene rings is 2. The lowest BCUT2D eigenvalue weighted by Crippen LogP contribution is -2.22. The van der Waals surface area contributed by atoms with Crippen molar-refractivity contribution in [1.29, 1.82) is 0 Å². The molecule has 2 aromatic carbocycles. The largest absolute Gasteiger partial charge is 0.369 e. The molecule has 1 aromatic heterocycles. The fraction of sp³-hybridized carbons (Fsp3) is 0. The predicted octanol–water partition coefficient (Wildman–Crippen LogP) is 4.09. The van der Waals surface area contributed by atoms with E-state index in [9.17, 15) is 8.78 Å². The Morgan fingerprint density at radius 3 is 2.54 bits per heavy atom. The first-order valence-electron chi connectivity index (χ1n) is 7.20. The van der Waals surface area contributed by atoms with Crippen LogP contribution in [0.25, 0.3) is 11.3 Å². The lowest BCUT2D eigenvalue weighted by atomic mass is 10.1. The summed E-state index contributed by atoms with van der Waals surface area (Å²) in [4.78, 5) is 8.44. The lowest BCUT2D eigenvalue weighted by Gasteiger charge is -2.07. The molecular weight excluding hydrogens is 310 g/mol. The van der Waals surface area contributed by atoms with Crippen molar-refractivity contribution in [3.63, 3.8) is 0 Å². The molecule has 0 aliphatic rings. The molecule has 0 aliphatic heterocycles. The first-order valence-corrected chi connectivity index (χ1v) is 7.20. The zero-order chi connectivity index (χ0) is 16.9. The second-order valence-corrected chi connectivity index (χ2v) is 4.99. The first-order chi connectivity index (χ1) is 11.6. The number of nitrogens with zero attached hydrogens (tertiary/aromatic N) is 2. The van der Waals surface area contributed by atoms with Crippen LogP contribution >= 0.6 is 0 Å². The van der Waals surface area contributed by atoms with Crippen LogP contribution in [0.4, 0.5) is 20.3 Å². The Hall–Kier alpha value is -3.28. The van der Waals surface area contributed by atoms with Crippen molar-refractivity contribution < 1.29 is 8.78 Å². The van der Waals surface area contributed by atoms with Gasteiger partial charge in [-0.3, -0.25) is 0 Å². The van der Waals surface area contributed by atoms with Gasteiger partial charge in [0, 0.05) is 5.56 Å². The maximum Gasteiger partial charge on any atom is 0.199 e. The molecule has 0 saturated heterocycles. The van der Waals surface area contributed by atoms with E-state index in [4.69, 9.17) is 5.73 Å². The highest BCUT2D eigenvalue weighted by Gasteiger charge is 2.04. The standard InChI is InChI=1S/C18H14F2N4/c19-13-6-3-5-12(11-13)15-9-4-10-17(22-15)24-18(21)23-16-8-2-1-7-14(16)20/h1-11H,(H3,21,22,23,24). The van der Waals surface area contributed by atoms with Gasteiger partial charge in [-0.2, -0.15) is 4.99 Å². The van der Waals surface area contributed by atoms with Crippen LogP contribution in [-0.2, 0) is 0 Å². The van der Waals surface area contributed by atoms with Crippen LogP contribution in [0.1, 0.15) is 0 Å². The molecule has 3 rings (SSSR count). The molecule has 0 atom stereocenters. The van der Waals surface area contributed by atoms with E-state index in [0.717, 1.165) is 0 Å². The van der Waals surface area contributed by atoms with E-state index in [1.54, 1.807) is 48.5 Å². The summed E-state index contributed by atoms with van der Waals surface area (Å²) in [5.41, 5.74) is 7.21. The second kappa shape index (κ2) is 6.87. The Balaban J connectivity index is 1.85. The molecule has 0 unspecified atom stereocenters. The second-order valence-electron chi connectivity index (χ2n) is 4.99. The van der Waals surface area contributed by atoms with E-state index in [-0.39, 0.29) is 17.5 Å². The quantitative estimate of drug-likeness (QED) is 0.563. The summed E-state index contributed by atoms with van der Waals surface area (Å²) in [6.07, 6.45) is 0. The first kappa shape index (κ1) is 15.6. The number of aliphatic imine (C=N–C) groups is 1. The number of rotatable bonds is 3. The molecule has 0 bridgehead atoms. The molecule has 3 N–H and O–H groups in total. The highest BCUT2D eigenvalue weighted by atomic mass is 19.1. The van der Waals surface area contributed by atoms with Crippen LogP contribution in [0.2, 0.25) is 0 Å². The number of hydrogen-bond donors (Lipinski definition) is 2. The van der Waals surface area contributed by atoms with E-state index in [1.165, 1.54) is 18.2 Å². The molecule has 0 fully saturated rings. The van der Waals surface area contributed by atoms with Crippen molar-refractivity contribution in [3.05, 3.63) is 78.4 Å². The van der Waals surface area contributed by atoms with Crippen LogP contribution in [-0.4, -0.2) is 10.9 Å². The van der Waals surface area contributed by atoms with Gasteiger partial charge in [-0.25, -0.2) is 13.8 Å². The molecule has 3 aromatic rings. The van der Waals surface area contributed by atoms with Crippen molar-refractivity contribution in [2.75, 3.05) is 5.32 Å². The summed E-state index contributed by atoms with van der Waals surface area (Å²) < 4.78 is 26.9. The van der Waals surface area contributed by atoms with Gasteiger partial charge < -0.3 is 11.1 Å². The normalized spacial score (nSPS) is 11.3. The fourth-order valence-corrected chi connectivity index (χ4v) is 2.15. The molecular formula is C18H14F2N4. The van der Waals surface area contributed by atoms with E-state index < -0.39 is 5.82 Å². The third-order valence-corrected chi connectivity index (χ3v) is 3.23. The molecule has 24 heavy (non-hydrogen) atoms. The molecule has 0 radical (unpaired) electrons. The van der Waals surface area contributed by atoms with Crippen molar-refractivity contribution in [2.24, 2.45) is 10.7 Å². The van der Waals surface area contributed by atoms with Crippen molar-refractivity contribution >= 4 is 17.5 Å². The summed E-state index contributed by atoms with van der Waals surface area (Å²) in [6, 6.07) is 17.4. The number of guanidine groups is 1. The third-order valence-electron chi connectivity index (χ3n) is 3.23. The van der Waals surface area contributed by atoms with Crippen LogP contribution in [0.3, 0.4) is 0 Å². The van der Waals surface area contributed by atoms with Crippen LogP contribution in [0, 0.1) is 11.6 Å². The molecule has 0 aliphatic carbocycles. The molecule has 120 valence electrons. The average molecular weight is 324 g/mol. The Kier molecular flexibility index (Phi) is 4.47. The zero-order valence-electron chi connectivity index (χ0n) is 12.6. The minimum absolute atomic E-state index is 0.00370. The lowest BCUT2D eigenvalue weighted by molar-refractivity contribution is 0.628. The van der Waals surface area contributed by atoms with E-state index in [0.29, 0.717) is 17.1 Å². The Labute approximate surface area is 137 Å². The minimum Gasteiger partial charge on any atom is -0.369 e. The third kappa shape index (κ3) is 3.73. The minimum atomic E-state index is -0.433. The average Bonchev–Trinajstić information content (AvgIpc) is 2.57. The van der Waals surface area contributed by atoms with Crippen molar-refractivity contribution in [3.8, 4) is 11.3 Å². The van der Waals surface area contributed by atoms with E-state index >= 15 is 0 Å². The number of nitrogens with one attached hydrogen (secondary N) is 1. The van der Waals surface area contributed by atoms with Gasteiger partial charge in [-0.05, 0) is 36.4 Å². The highest BCUT2D eigenvalue weighted by Crippen LogP contribution is 2.21. The molecule has 6 heteroatoms. The number of para-hydroxylation sites is 1. The Bertz CT molecular complexity index is 893. The predicted molar refractivity (Wildman–Crippen MR) is 90.9 cm³/mol.